The number of carbonyl (C=O) groups excluding carboxylic acids is 3. The molecular formula is C35H48N10O4. The standard InChI is InChI=1S/C35H48N10O4/c1-24-21-25(22-30-32(24)39-40-38-30)23-31(33(46)43-19-17-42(18-20-43)27-8-12-41(2)13-9-27)37-35(48)49-44-14-10-28(11-15-44)45-16-7-26-5-3-4-6-29(26)36-34(45)47/h3-6,21-22,27-28,31H,7-20,23H2,1-2H3,(H,36,47)(H,37,48)(H,38,39,40). The first-order chi connectivity index (χ1) is 23.8. The molecule has 0 saturated carbocycles. The highest BCUT2D eigenvalue weighted by Crippen LogP contribution is 2.25. The van der Waals surface area contributed by atoms with Gasteiger partial charge in [-0.3, -0.25) is 9.69 Å². The van der Waals surface area contributed by atoms with Crippen molar-refractivity contribution in [1.82, 2.24) is 45.4 Å². The molecule has 0 aliphatic carbocycles. The van der Waals surface area contributed by atoms with E-state index in [2.05, 4.69) is 49.0 Å². The van der Waals surface area contributed by atoms with Crippen LogP contribution in [0.4, 0.5) is 15.3 Å². The highest BCUT2D eigenvalue weighted by molar-refractivity contribution is 5.91. The van der Waals surface area contributed by atoms with Crippen LogP contribution in [0.15, 0.2) is 36.4 Å². The second kappa shape index (κ2) is 14.7. The first-order valence-corrected chi connectivity index (χ1v) is 17.7. The number of aryl methyl sites for hydroxylation is 1. The van der Waals surface area contributed by atoms with Crippen molar-refractivity contribution in [2.75, 3.05) is 71.3 Å². The molecule has 1 unspecified atom stereocenters. The number of aromatic nitrogens is 3. The number of rotatable bonds is 7. The molecule has 2 aromatic carbocycles. The van der Waals surface area contributed by atoms with Crippen molar-refractivity contribution in [3.63, 3.8) is 0 Å². The van der Waals surface area contributed by atoms with Crippen LogP contribution in [-0.4, -0.2) is 142 Å². The fraction of sp³-hybridized carbons (Fsp3) is 0.571. The van der Waals surface area contributed by atoms with E-state index in [-0.39, 0.29) is 18.0 Å². The number of benzene rings is 2. The normalized spacial score (nSPS) is 21.2. The molecular weight excluding hydrogens is 624 g/mol. The van der Waals surface area contributed by atoms with Gasteiger partial charge in [-0.2, -0.15) is 15.4 Å². The molecule has 4 amide bonds. The molecule has 14 heteroatoms. The molecule has 262 valence electrons. The van der Waals surface area contributed by atoms with Crippen LogP contribution in [0.5, 0.6) is 0 Å². The van der Waals surface area contributed by atoms with Gasteiger partial charge in [-0.05, 0) is 88.0 Å². The smallest absolute Gasteiger partial charge is 0.351 e. The van der Waals surface area contributed by atoms with Crippen LogP contribution < -0.4 is 10.6 Å². The number of fused-ring (bicyclic) bond motifs is 2. The molecule has 1 aromatic heterocycles. The molecule has 3 fully saturated rings. The molecule has 3 saturated heterocycles. The summed E-state index contributed by atoms with van der Waals surface area (Å²) in [5, 5.41) is 18.8. The molecule has 3 N–H and O–H groups in total. The van der Waals surface area contributed by atoms with Crippen molar-refractivity contribution in [3.05, 3.63) is 53.1 Å². The molecule has 1 atom stereocenters. The summed E-state index contributed by atoms with van der Waals surface area (Å²) in [5.41, 5.74) is 5.35. The van der Waals surface area contributed by atoms with E-state index in [1.54, 1.807) is 5.06 Å². The van der Waals surface area contributed by atoms with E-state index >= 15 is 0 Å². The lowest BCUT2D eigenvalue weighted by Crippen LogP contribution is -2.58. The van der Waals surface area contributed by atoms with Crippen molar-refractivity contribution in [2.45, 2.75) is 63.6 Å². The number of hydrogen-bond donors (Lipinski definition) is 3. The zero-order chi connectivity index (χ0) is 33.9. The van der Waals surface area contributed by atoms with Gasteiger partial charge in [-0.15, -0.1) is 5.06 Å². The summed E-state index contributed by atoms with van der Waals surface area (Å²) in [5.74, 6) is -0.107. The summed E-state index contributed by atoms with van der Waals surface area (Å²) < 4.78 is 0. The number of carbonyl (C=O) groups is 3. The van der Waals surface area contributed by atoms with Gasteiger partial charge in [0.25, 0.3) is 0 Å². The fourth-order valence-electron chi connectivity index (χ4n) is 7.90. The Balaban J connectivity index is 0.964. The number of urea groups is 1. The van der Waals surface area contributed by atoms with Gasteiger partial charge in [0.2, 0.25) is 5.91 Å². The summed E-state index contributed by atoms with van der Waals surface area (Å²) in [6.45, 7) is 8.72. The van der Waals surface area contributed by atoms with E-state index in [1.807, 2.05) is 47.1 Å². The van der Waals surface area contributed by atoms with Crippen molar-refractivity contribution in [3.8, 4) is 0 Å². The van der Waals surface area contributed by atoms with E-state index in [0.717, 1.165) is 78.9 Å². The number of para-hydroxylation sites is 1. The molecule has 14 nitrogen and oxygen atoms in total. The summed E-state index contributed by atoms with van der Waals surface area (Å²) in [6, 6.07) is 11.6. The Bertz CT molecular complexity index is 1640. The highest BCUT2D eigenvalue weighted by atomic mass is 16.7. The molecule has 4 aliphatic heterocycles. The van der Waals surface area contributed by atoms with Gasteiger partial charge in [0.15, 0.2) is 0 Å². The number of piperazine rings is 1. The number of amides is 4. The maximum Gasteiger partial charge on any atom is 0.426 e. The minimum Gasteiger partial charge on any atom is -0.351 e. The van der Waals surface area contributed by atoms with E-state index in [4.69, 9.17) is 4.84 Å². The van der Waals surface area contributed by atoms with Crippen molar-refractivity contribution < 1.29 is 19.2 Å². The third-order valence-corrected chi connectivity index (χ3v) is 10.8. The van der Waals surface area contributed by atoms with Crippen LogP contribution in [0.25, 0.3) is 11.0 Å². The Labute approximate surface area is 287 Å². The summed E-state index contributed by atoms with van der Waals surface area (Å²) >= 11 is 0. The van der Waals surface area contributed by atoms with Gasteiger partial charge in [-0.1, -0.05) is 24.3 Å². The van der Waals surface area contributed by atoms with E-state index in [1.165, 1.54) is 0 Å². The maximum absolute atomic E-state index is 14.1. The van der Waals surface area contributed by atoms with Crippen molar-refractivity contribution in [1.29, 1.82) is 0 Å². The second-order valence-corrected chi connectivity index (χ2v) is 14.0. The van der Waals surface area contributed by atoms with E-state index in [9.17, 15) is 14.4 Å². The summed E-state index contributed by atoms with van der Waals surface area (Å²) in [4.78, 5) is 54.9. The highest BCUT2D eigenvalue weighted by Gasteiger charge is 2.34. The number of likely N-dealkylation sites (tertiary alicyclic amines) is 1. The number of hydroxylamine groups is 2. The van der Waals surface area contributed by atoms with Crippen LogP contribution >= 0.6 is 0 Å². The predicted molar refractivity (Wildman–Crippen MR) is 185 cm³/mol. The largest absolute Gasteiger partial charge is 0.426 e. The molecule has 3 aromatic rings. The van der Waals surface area contributed by atoms with Crippen molar-refractivity contribution >= 4 is 34.8 Å². The third kappa shape index (κ3) is 7.66. The molecule has 0 spiro atoms. The first kappa shape index (κ1) is 33.2. The lowest BCUT2D eigenvalue weighted by molar-refractivity contribution is -0.138. The van der Waals surface area contributed by atoms with Gasteiger partial charge >= 0.3 is 12.1 Å². The number of nitrogens with zero attached hydrogens (tertiary/aromatic N) is 7. The summed E-state index contributed by atoms with van der Waals surface area (Å²) in [7, 11) is 2.17. The Hall–Kier alpha value is -4.27. The van der Waals surface area contributed by atoms with Crippen LogP contribution in [0.3, 0.4) is 0 Å². The molecule has 7 rings (SSSR count). The van der Waals surface area contributed by atoms with E-state index < -0.39 is 12.1 Å². The van der Waals surface area contributed by atoms with Gasteiger partial charge < -0.3 is 30.2 Å². The number of aromatic amines is 1. The molecule has 4 aliphatic rings. The van der Waals surface area contributed by atoms with Gasteiger partial charge in [0.1, 0.15) is 17.1 Å². The Morgan fingerprint density at radius 1 is 0.939 bits per heavy atom. The zero-order valence-corrected chi connectivity index (χ0v) is 28.6. The maximum atomic E-state index is 14.1. The molecule has 49 heavy (non-hydrogen) atoms. The first-order valence-electron chi connectivity index (χ1n) is 17.7. The van der Waals surface area contributed by atoms with Gasteiger partial charge in [0.05, 0.1) is 0 Å². The lowest BCUT2D eigenvalue weighted by atomic mass is 10.0. The van der Waals surface area contributed by atoms with Crippen LogP contribution in [0, 0.1) is 6.92 Å². The average molecular weight is 673 g/mol. The summed E-state index contributed by atoms with van der Waals surface area (Å²) in [6.07, 6.45) is 4.11. The third-order valence-electron chi connectivity index (χ3n) is 10.8. The second-order valence-electron chi connectivity index (χ2n) is 14.0. The number of nitrogens with one attached hydrogen (secondary N) is 3. The minimum atomic E-state index is -0.800. The van der Waals surface area contributed by atoms with Gasteiger partial charge in [-0.25, -0.2) is 9.59 Å². The quantitative estimate of drug-likeness (QED) is 0.345. The zero-order valence-electron chi connectivity index (χ0n) is 28.6. The molecule has 5 heterocycles. The number of hydrogen-bond acceptors (Lipinski definition) is 9. The minimum absolute atomic E-state index is 0.0504. The van der Waals surface area contributed by atoms with Crippen LogP contribution in [-0.2, 0) is 22.5 Å². The van der Waals surface area contributed by atoms with Crippen molar-refractivity contribution in [2.24, 2.45) is 0 Å². The number of H-pyrrole nitrogens is 1. The Morgan fingerprint density at radius 2 is 1.67 bits per heavy atom. The fourth-order valence-corrected chi connectivity index (χ4v) is 7.90. The number of piperidine rings is 2. The Kier molecular flexibility index (Phi) is 9.96. The average Bonchev–Trinajstić information content (AvgIpc) is 3.52. The van der Waals surface area contributed by atoms with Crippen LogP contribution in [0.2, 0.25) is 0 Å². The van der Waals surface area contributed by atoms with Crippen LogP contribution in [0.1, 0.15) is 42.4 Å². The lowest BCUT2D eigenvalue weighted by Gasteiger charge is -2.42. The monoisotopic (exact) mass is 672 g/mol. The molecule has 0 bridgehead atoms. The molecule has 0 radical (unpaired) electrons. The SMILES string of the molecule is Cc1cc(CC(NC(=O)ON2CCC(N3CCc4ccccc4NC3=O)CC2)C(=O)N2CCN(C3CCN(C)CC3)CC2)cc2n[nH]nc12. The Morgan fingerprint density at radius 3 is 2.45 bits per heavy atom. The van der Waals surface area contributed by atoms with E-state index in [0.29, 0.717) is 58.0 Å². The number of anilines is 1. The topological polar surface area (TPSA) is 142 Å². The predicted octanol–water partition coefficient (Wildman–Crippen LogP) is 2.61. The van der Waals surface area contributed by atoms with Gasteiger partial charge in [0, 0.05) is 70.0 Å².